The summed E-state index contributed by atoms with van der Waals surface area (Å²) >= 11 is 0. The zero-order valence-electron chi connectivity index (χ0n) is 16.7. The number of aliphatic hydroxyl groups is 1. The second-order valence-corrected chi connectivity index (χ2v) is 7.98. The Bertz CT molecular complexity index is 834. The number of aliphatic hydroxyl groups excluding tert-OH is 1. The molecular formula is C22H27F2N3O2. The molecule has 1 atom stereocenters. The highest BCUT2D eigenvalue weighted by molar-refractivity contribution is 5.78. The molecular weight excluding hydrogens is 376 g/mol. The van der Waals surface area contributed by atoms with Crippen LogP contribution in [0.3, 0.4) is 0 Å². The number of halogens is 2. The summed E-state index contributed by atoms with van der Waals surface area (Å²) in [5, 5.41) is 10.1. The van der Waals surface area contributed by atoms with Crippen molar-refractivity contribution in [1.82, 2.24) is 14.8 Å². The highest BCUT2D eigenvalue weighted by atomic mass is 19.1. The molecule has 3 rings (SSSR count). The number of nitrogens with zero attached hydrogens (tertiary/aromatic N) is 3. The monoisotopic (exact) mass is 403 g/mol. The maximum absolute atomic E-state index is 14.1. The van der Waals surface area contributed by atoms with Crippen LogP contribution in [0.15, 0.2) is 42.6 Å². The predicted octanol–water partition coefficient (Wildman–Crippen LogP) is 2.64. The van der Waals surface area contributed by atoms with E-state index in [1.165, 1.54) is 12.1 Å². The Morgan fingerprint density at radius 1 is 1.31 bits per heavy atom. The van der Waals surface area contributed by atoms with Gasteiger partial charge in [-0.25, -0.2) is 8.78 Å². The molecule has 1 aromatic heterocycles. The third-order valence-corrected chi connectivity index (χ3v) is 5.49. The van der Waals surface area contributed by atoms with Gasteiger partial charge in [0.05, 0.1) is 18.8 Å². The summed E-state index contributed by atoms with van der Waals surface area (Å²) in [7, 11) is 1.86. The van der Waals surface area contributed by atoms with Gasteiger partial charge in [0.1, 0.15) is 11.6 Å². The van der Waals surface area contributed by atoms with Gasteiger partial charge < -0.3 is 10.0 Å². The lowest BCUT2D eigenvalue weighted by atomic mass is 9.75. The molecule has 0 radical (unpaired) electrons. The Balaban J connectivity index is 1.63. The van der Waals surface area contributed by atoms with Crippen LogP contribution in [0.1, 0.15) is 24.1 Å². The van der Waals surface area contributed by atoms with Crippen molar-refractivity contribution in [3.8, 4) is 0 Å². The van der Waals surface area contributed by atoms with Gasteiger partial charge in [0.15, 0.2) is 0 Å². The molecule has 1 aliphatic heterocycles. The number of hydrogen-bond donors (Lipinski definition) is 1. The first-order valence-corrected chi connectivity index (χ1v) is 9.82. The predicted molar refractivity (Wildman–Crippen MR) is 106 cm³/mol. The second-order valence-electron chi connectivity index (χ2n) is 7.98. The van der Waals surface area contributed by atoms with E-state index in [4.69, 9.17) is 0 Å². The lowest BCUT2D eigenvalue weighted by Crippen LogP contribution is -2.51. The highest BCUT2D eigenvalue weighted by Crippen LogP contribution is 2.34. The highest BCUT2D eigenvalue weighted by Gasteiger charge is 2.37. The molecule has 2 aromatic rings. The maximum Gasteiger partial charge on any atom is 0.236 e. The number of aromatic nitrogens is 1. The van der Waals surface area contributed by atoms with Crippen molar-refractivity contribution in [3.63, 3.8) is 0 Å². The summed E-state index contributed by atoms with van der Waals surface area (Å²) in [5.41, 5.74) is 0.631. The SMILES string of the molecule is CN(CC(=O)N1CCC[C@@](CO)(Cc2ccc(F)cc2F)C1)Cc1ccccn1. The van der Waals surface area contributed by atoms with Crippen molar-refractivity contribution in [3.05, 3.63) is 65.5 Å². The number of piperidine rings is 1. The molecule has 1 aliphatic rings. The summed E-state index contributed by atoms with van der Waals surface area (Å²) in [6.07, 6.45) is 3.41. The molecule has 5 nitrogen and oxygen atoms in total. The quantitative estimate of drug-likeness (QED) is 0.772. The van der Waals surface area contributed by atoms with Crippen molar-refractivity contribution in [2.75, 3.05) is 33.3 Å². The number of rotatable bonds is 7. The minimum absolute atomic E-state index is 0.0273. The average molecular weight is 403 g/mol. The van der Waals surface area contributed by atoms with Gasteiger partial charge in [0.2, 0.25) is 5.91 Å². The number of carbonyl (C=O) groups excluding carboxylic acids is 1. The standard InChI is InChI=1S/C22H27F2N3O2/c1-26(13-19-5-2-3-9-25-19)14-21(29)27-10-4-8-22(15-27,16-28)12-17-6-7-18(23)11-20(17)24/h2-3,5-7,9,11,28H,4,8,10,12-16H2,1H3/t22-/m1/s1. The number of hydrogen-bond acceptors (Lipinski definition) is 4. The summed E-state index contributed by atoms with van der Waals surface area (Å²) in [6, 6.07) is 9.17. The van der Waals surface area contributed by atoms with E-state index < -0.39 is 17.0 Å². The third-order valence-electron chi connectivity index (χ3n) is 5.49. The summed E-state index contributed by atoms with van der Waals surface area (Å²) < 4.78 is 27.3. The molecule has 29 heavy (non-hydrogen) atoms. The Morgan fingerprint density at radius 3 is 2.83 bits per heavy atom. The molecule has 156 valence electrons. The minimum Gasteiger partial charge on any atom is -0.396 e. The number of likely N-dealkylation sites (tertiary alicyclic amines) is 1. The van der Waals surface area contributed by atoms with Gasteiger partial charge in [0, 0.05) is 37.3 Å². The molecule has 2 heterocycles. The Morgan fingerprint density at radius 2 is 2.14 bits per heavy atom. The summed E-state index contributed by atoms with van der Waals surface area (Å²) in [6.45, 7) is 1.62. The number of pyridine rings is 1. The Labute approximate surface area is 170 Å². The minimum atomic E-state index is -0.624. The number of benzene rings is 1. The molecule has 1 N–H and O–H groups in total. The van der Waals surface area contributed by atoms with Crippen LogP contribution in [0.2, 0.25) is 0 Å². The Kier molecular flexibility index (Phi) is 6.92. The molecule has 1 saturated heterocycles. The largest absolute Gasteiger partial charge is 0.396 e. The summed E-state index contributed by atoms with van der Waals surface area (Å²) in [5.74, 6) is -1.27. The first-order valence-electron chi connectivity index (χ1n) is 9.82. The van der Waals surface area contributed by atoms with Crippen LogP contribution >= 0.6 is 0 Å². The van der Waals surface area contributed by atoms with Crippen molar-refractivity contribution >= 4 is 5.91 Å². The molecule has 7 heteroatoms. The lowest BCUT2D eigenvalue weighted by molar-refractivity contribution is -0.136. The zero-order valence-corrected chi connectivity index (χ0v) is 16.7. The van der Waals surface area contributed by atoms with Gasteiger partial charge in [0.25, 0.3) is 0 Å². The number of carbonyl (C=O) groups is 1. The van der Waals surface area contributed by atoms with Gasteiger partial charge in [-0.3, -0.25) is 14.7 Å². The van der Waals surface area contributed by atoms with Crippen molar-refractivity contribution in [2.24, 2.45) is 5.41 Å². The van der Waals surface area contributed by atoms with Crippen LogP contribution in [0.4, 0.5) is 8.78 Å². The third kappa shape index (κ3) is 5.58. The number of likely N-dealkylation sites (N-methyl/N-ethyl adjacent to an activating group) is 1. The van der Waals surface area contributed by atoms with Crippen LogP contribution in [-0.4, -0.2) is 59.1 Å². The van der Waals surface area contributed by atoms with Crippen molar-refractivity contribution < 1.29 is 18.7 Å². The van der Waals surface area contributed by atoms with E-state index in [1.807, 2.05) is 30.1 Å². The molecule has 0 bridgehead atoms. The molecule has 1 aromatic carbocycles. The molecule has 1 amide bonds. The van der Waals surface area contributed by atoms with Crippen LogP contribution < -0.4 is 0 Å². The molecule has 0 unspecified atom stereocenters. The maximum atomic E-state index is 14.1. The molecule has 0 saturated carbocycles. The first-order chi connectivity index (χ1) is 13.9. The fraction of sp³-hybridized carbons (Fsp3) is 0.455. The van der Waals surface area contributed by atoms with Gasteiger partial charge in [-0.15, -0.1) is 0 Å². The van der Waals surface area contributed by atoms with Crippen LogP contribution in [0.5, 0.6) is 0 Å². The van der Waals surface area contributed by atoms with E-state index in [1.54, 1.807) is 11.1 Å². The van der Waals surface area contributed by atoms with Gasteiger partial charge in [-0.1, -0.05) is 12.1 Å². The van der Waals surface area contributed by atoms with Crippen LogP contribution in [-0.2, 0) is 17.8 Å². The molecule has 0 spiro atoms. The summed E-state index contributed by atoms with van der Waals surface area (Å²) in [4.78, 5) is 20.7. The van der Waals surface area contributed by atoms with Crippen LogP contribution in [0.25, 0.3) is 0 Å². The van der Waals surface area contributed by atoms with E-state index in [9.17, 15) is 18.7 Å². The molecule has 0 aliphatic carbocycles. The normalized spacial score (nSPS) is 19.6. The Hall–Kier alpha value is -2.38. The van der Waals surface area contributed by atoms with E-state index in [-0.39, 0.29) is 25.5 Å². The van der Waals surface area contributed by atoms with Gasteiger partial charge in [-0.2, -0.15) is 0 Å². The van der Waals surface area contributed by atoms with E-state index in [2.05, 4.69) is 4.98 Å². The van der Waals surface area contributed by atoms with E-state index in [0.717, 1.165) is 18.2 Å². The van der Waals surface area contributed by atoms with Gasteiger partial charge >= 0.3 is 0 Å². The first kappa shape index (κ1) is 21.3. The zero-order chi connectivity index (χ0) is 20.9. The topological polar surface area (TPSA) is 56.7 Å². The lowest BCUT2D eigenvalue weighted by Gasteiger charge is -2.42. The number of amides is 1. The fourth-order valence-electron chi connectivity index (χ4n) is 3.97. The van der Waals surface area contributed by atoms with Crippen molar-refractivity contribution in [2.45, 2.75) is 25.8 Å². The van der Waals surface area contributed by atoms with E-state index in [0.29, 0.717) is 31.6 Å². The fourth-order valence-corrected chi connectivity index (χ4v) is 3.97. The van der Waals surface area contributed by atoms with Crippen molar-refractivity contribution in [1.29, 1.82) is 0 Å². The van der Waals surface area contributed by atoms with E-state index >= 15 is 0 Å². The van der Waals surface area contributed by atoms with Gasteiger partial charge in [-0.05, 0) is 50.1 Å². The second kappa shape index (κ2) is 9.41. The average Bonchev–Trinajstić information content (AvgIpc) is 2.71. The smallest absolute Gasteiger partial charge is 0.236 e. The van der Waals surface area contributed by atoms with Crippen LogP contribution in [0, 0.1) is 17.0 Å². The molecule has 1 fully saturated rings.